The Labute approximate surface area is 182 Å². The molecule has 6 nitrogen and oxygen atoms in total. The van der Waals surface area contributed by atoms with Crippen LogP contribution in [0.25, 0.3) is 0 Å². The minimum absolute atomic E-state index is 0.324. The number of quaternary nitrogens is 1. The van der Waals surface area contributed by atoms with E-state index in [9.17, 15) is 9.90 Å². The minimum Gasteiger partial charge on any atom is -0.547 e. The average Bonchev–Trinajstić information content (AvgIpc) is 2.80. The van der Waals surface area contributed by atoms with E-state index in [4.69, 9.17) is 14.6 Å². The van der Waals surface area contributed by atoms with Gasteiger partial charge in [-0.2, -0.15) is 0 Å². The third kappa shape index (κ3) is 7.22. The first-order valence-corrected chi connectivity index (χ1v) is 9.98. The molecule has 0 aromatic heterocycles. The standard InChI is InChI=1S/C16H16O4.C9H13NO/c17-11-20-15(16(18)19)14(12-7-3-1-4-8-12)13-9-5-2-6-10-13;1-7(10)8-4-3-5-9(6-8)11-2/h1-10,14-15,17H,11H2,(H,18,19);3-7H,10H2,1-2H3/t;7-/m.0/s1. The first kappa shape index (κ1) is 24.1. The minimum atomic E-state index is -1.35. The van der Waals surface area contributed by atoms with E-state index >= 15 is 0 Å². The van der Waals surface area contributed by atoms with E-state index in [1.807, 2.05) is 78.9 Å². The largest absolute Gasteiger partial charge is 0.547 e. The molecule has 0 bridgehead atoms. The van der Waals surface area contributed by atoms with Crippen molar-refractivity contribution in [2.24, 2.45) is 0 Å². The molecule has 0 radical (unpaired) electrons. The number of carboxylic acid groups (broad SMARTS) is 1. The number of aliphatic carboxylic acids is 1. The Morgan fingerprint density at radius 2 is 1.45 bits per heavy atom. The number of hydrogen-bond donors (Lipinski definition) is 2. The zero-order chi connectivity index (χ0) is 22.6. The number of methoxy groups -OCH3 is 1. The number of carbonyl (C=O) groups is 1. The maximum absolute atomic E-state index is 11.3. The molecule has 0 spiro atoms. The fraction of sp³-hybridized carbons (Fsp3) is 0.240. The summed E-state index contributed by atoms with van der Waals surface area (Å²) in [6.45, 7) is 1.39. The van der Waals surface area contributed by atoms with Crippen molar-refractivity contribution in [3.05, 3.63) is 102 Å². The van der Waals surface area contributed by atoms with Gasteiger partial charge in [-0.25, -0.2) is 0 Å². The third-order valence-electron chi connectivity index (χ3n) is 4.77. The van der Waals surface area contributed by atoms with Crippen LogP contribution in [-0.2, 0) is 9.53 Å². The number of rotatable bonds is 8. The molecule has 3 rings (SSSR count). The van der Waals surface area contributed by atoms with Crippen molar-refractivity contribution < 1.29 is 30.2 Å². The van der Waals surface area contributed by atoms with Crippen LogP contribution in [0, 0.1) is 0 Å². The average molecular weight is 424 g/mol. The summed E-state index contributed by atoms with van der Waals surface area (Å²) in [5, 5.41) is 20.2. The van der Waals surface area contributed by atoms with Gasteiger partial charge >= 0.3 is 0 Å². The van der Waals surface area contributed by atoms with Gasteiger partial charge in [-0.15, -0.1) is 0 Å². The second kappa shape index (κ2) is 12.5. The molecule has 0 saturated heterocycles. The quantitative estimate of drug-likeness (QED) is 0.538. The van der Waals surface area contributed by atoms with Gasteiger partial charge in [0.25, 0.3) is 0 Å². The topological polar surface area (TPSA) is 106 Å². The highest BCUT2D eigenvalue weighted by Crippen LogP contribution is 2.29. The van der Waals surface area contributed by atoms with Gasteiger partial charge in [-0.3, -0.25) is 0 Å². The smallest absolute Gasteiger partial charge is 0.144 e. The van der Waals surface area contributed by atoms with Gasteiger partial charge in [-0.05, 0) is 30.2 Å². The van der Waals surface area contributed by atoms with Crippen LogP contribution in [-0.4, -0.2) is 31.1 Å². The van der Waals surface area contributed by atoms with Crippen molar-refractivity contribution in [1.82, 2.24) is 0 Å². The number of ether oxygens (including phenoxy) is 2. The normalized spacial score (nSPS) is 12.4. The highest BCUT2D eigenvalue weighted by atomic mass is 16.6. The van der Waals surface area contributed by atoms with Gasteiger partial charge in [-0.1, -0.05) is 72.8 Å². The monoisotopic (exact) mass is 423 g/mol. The molecule has 0 aliphatic carbocycles. The van der Waals surface area contributed by atoms with Crippen molar-refractivity contribution in [3.63, 3.8) is 0 Å². The van der Waals surface area contributed by atoms with Crippen LogP contribution >= 0.6 is 0 Å². The molecule has 6 heteroatoms. The summed E-state index contributed by atoms with van der Waals surface area (Å²) in [4.78, 5) is 11.3. The van der Waals surface area contributed by atoms with Gasteiger partial charge in [0.05, 0.1) is 13.1 Å². The molecule has 0 amide bonds. The van der Waals surface area contributed by atoms with E-state index in [-0.39, 0.29) is 0 Å². The van der Waals surface area contributed by atoms with Gasteiger partial charge < -0.3 is 30.2 Å². The molecule has 0 aliphatic heterocycles. The molecule has 0 aliphatic rings. The molecular formula is C25H29NO5. The van der Waals surface area contributed by atoms with Gasteiger partial charge in [0.2, 0.25) is 0 Å². The molecular weight excluding hydrogens is 394 g/mol. The van der Waals surface area contributed by atoms with Gasteiger partial charge in [0.1, 0.15) is 24.7 Å². The van der Waals surface area contributed by atoms with Crippen molar-refractivity contribution in [2.45, 2.75) is 25.0 Å². The molecule has 3 aromatic rings. The highest BCUT2D eigenvalue weighted by molar-refractivity contribution is 5.72. The Morgan fingerprint density at radius 3 is 1.87 bits per heavy atom. The number of hydrogen-bond acceptors (Lipinski definition) is 5. The van der Waals surface area contributed by atoms with Crippen LogP contribution in [0.15, 0.2) is 84.9 Å². The Balaban J connectivity index is 0.000000262. The zero-order valence-corrected chi connectivity index (χ0v) is 17.8. The summed E-state index contributed by atoms with van der Waals surface area (Å²) in [6.07, 6.45) is -1.25. The Hall–Kier alpha value is -3.19. The summed E-state index contributed by atoms with van der Waals surface area (Å²) in [5.41, 5.74) is 6.73. The number of benzene rings is 3. The summed E-state index contributed by atoms with van der Waals surface area (Å²) >= 11 is 0. The maximum Gasteiger partial charge on any atom is 0.144 e. The molecule has 3 aromatic carbocycles. The molecule has 2 atom stereocenters. The molecule has 0 fully saturated rings. The molecule has 0 heterocycles. The van der Waals surface area contributed by atoms with Crippen LogP contribution < -0.4 is 15.6 Å². The summed E-state index contributed by atoms with van der Waals surface area (Å²) in [5.74, 6) is -0.982. The lowest BCUT2D eigenvalue weighted by atomic mass is 9.86. The van der Waals surface area contributed by atoms with Crippen LogP contribution in [0.3, 0.4) is 0 Å². The fourth-order valence-corrected chi connectivity index (χ4v) is 3.19. The number of carbonyl (C=O) groups excluding carboxylic acids is 1. The van der Waals surface area contributed by atoms with Crippen LogP contribution in [0.2, 0.25) is 0 Å². The van der Waals surface area contributed by atoms with Crippen molar-refractivity contribution in [1.29, 1.82) is 0 Å². The molecule has 0 saturated carbocycles. The SMILES string of the molecule is COc1cccc([C@H](C)[NH3+])c1.O=C([O-])C(OCO)C(c1ccccc1)c1ccccc1. The molecule has 1 unspecified atom stereocenters. The van der Waals surface area contributed by atoms with Crippen molar-refractivity contribution in [2.75, 3.05) is 13.9 Å². The van der Waals surface area contributed by atoms with E-state index in [2.05, 4.69) is 18.7 Å². The second-order valence-electron chi connectivity index (χ2n) is 7.01. The highest BCUT2D eigenvalue weighted by Gasteiger charge is 2.26. The summed E-state index contributed by atoms with van der Waals surface area (Å²) in [7, 11) is 1.67. The van der Waals surface area contributed by atoms with Crippen molar-refractivity contribution >= 4 is 5.97 Å². The Kier molecular flexibility index (Phi) is 9.71. The van der Waals surface area contributed by atoms with E-state index in [1.54, 1.807) is 7.11 Å². The lowest BCUT2D eigenvalue weighted by Gasteiger charge is -2.28. The summed E-state index contributed by atoms with van der Waals surface area (Å²) < 4.78 is 10.0. The first-order valence-electron chi connectivity index (χ1n) is 9.98. The van der Waals surface area contributed by atoms with E-state index in [1.165, 1.54) is 5.56 Å². The zero-order valence-electron chi connectivity index (χ0n) is 17.8. The van der Waals surface area contributed by atoms with Crippen LogP contribution in [0.5, 0.6) is 5.75 Å². The van der Waals surface area contributed by atoms with E-state index in [0.29, 0.717) is 6.04 Å². The number of aliphatic hydroxyl groups is 1. The molecule has 164 valence electrons. The number of aliphatic hydroxyl groups excluding tert-OH is 1. The van der Waals surface area contributed by atoms with Gasteiger partial charge in [0, 0.05) is 11.5 Å². The predicted molar refractivity (Wildman–Crippen MR) is 116 cm³/mol. The number of carboxylic acids is 1. The van der Waals surface area contributed by atoms with E-state index in [0.717, 1.165) is 16.9 Å². The van der Waals surface area contributed by atoms with Crippen molar-refractivity contribution in [3.8, 4) is 5.75 Å². The van der Waals surface area contributed by atoms with E-state index < -0.39 is 24.8 Å². The first-order chi connectivity index (χ1) is 15.0. The van der Waals surface area contributed by atoms with Crippen LogP contribution in [0.1, 0.15) is 35.6 Å². The summed E-state index contributed by atoms with van der Waals surface area (Å²) in [6, 6.07) is 26.6. The molecule has 4 N–H and O–H groups in total. The van der Waals surface area contributed by atoms with Gasteiger partial charge in [0.15, 0.2) is 0 Å². The maximum atomic E-state index is 11.3. The Bertz CT molecular complexity index is 876. The lowest BCUT2D eigenvalue weighted by molar-refractivity contribution is -0.420. The van der Waals surface area contributed by atoms with Crippen LogP contribution in [0.4, 0.5) is 0 Å². The Morgan fingerprint density at radius 1 is 0.935 bits per heavy atom. The third-order valence-corrected chi connectivity index (χ3v) is 4.77. The fourth-order valence-electron chi connectivity index (χ4n) is 3.19. The second-order valence-corrected chi connectivity index (χ2v) is 7.01. The lowest BCUT2D eigenvalue weighted by Crippen LogP contribution is -2.51. The molecule has 31 heavy (non-hydrogen) atoms. The predicted octanol–water partition coefficient (Wildman–Crippen LogP) is 1.90.